The van der Waals surface area contributed by atoms with E-state index in [0.29, 0.717) is 30.5 Å². The minimum absolute atomic E-state index is 0.0321. The molecule has 0 unspecified atom stereocenters. The highest BCUT2D eigenvalue weighted by Crippen LogP contribution is 2.41. The fourth-order valence-corrected chi connectivity index (χ4v) is 3.40. The van der Waals surface area contributed by atoms with E-state index in [-0.39, 0.29) is 18.3 Å². The Morgan fingerprint density at radius 2 is 1.40 bits per heavy atom. The first-order chi connectivity index (χ1) is 9.70. The summed E-state index contributed by atoms with van der Waals surface area (Å²) in [5.41, 5.74) is 0. The number of epoxide rings is 3. The maximum Gasteiger partial charge on any atom is 0.0868 e. The van der Waals surface area contributed by atoms with Gasteiger partial charge in [-0.1, -0.05) is 0 Å². The molecule has 0 radical (unpaired) electrons. The molecule has 0 bridgehead atoms. The smallest absolute Gasteiger partial charge is 0.0868 e. The van der Waals surface area contributed by atoms with E-state index in [9.17, 15) is 5.11 Å². The molecule has 5 heteroatoms. The lowest BCUT2D eigenvalue weighted by molar-refractivity contribution is -0.0791. The molecule has 4 saturated heterocycles. The average molecular weight is 284 g/mol. The van der Waals surface area contributed by atoms with Crippen LogP contribution in [0.3, 0.4) is 0 Å². The van der Waals surface area contributed by atoms with Gasteiger partial charge in [-0.2, -0.15) is 0 Å². The van der Waals surface area contributed by atoms with Crippen molar-refractivity contribution < 1.29 is 24.1 Å². The van der Waals surface area contributed by atoms with Crippen LogP contribution in [-0.4, -0.2) is 60.5 Å². The summed E-state index contributed by atoms with van der Waals surface area (Å²) >= 11 is 0. The molecule has 4 aliphatic heterocycles. The van der Waals surface area contributed by atoms with Crippen LogP contribution in [0.4, 0.5) is 0 Å². The van der Waals surface area contributed by atoms with E-state index < -0.39 is 0 Å². The first-order valence-corrected chi connectivity index (χ1v) is 7.97. The van der Waals surface area contributed by atoms with Crippen molar-refractivity contribution in [1.82, 2.24) is 0 Å². The van der Waals surface area contributed by atoms with Crippen LogP contribution >= 0.6 is 0 Å². The minimum Gasteiger partial charge on any atom is -0.390 e. The van der Waals surface area contributed by atoms with Gasteiger partial charge in [0.05, 0.1) is 48.8 Å². The molecule has 4 fully saturated rings. The van der Waals surface area contributed by atoms with E-state index in [0.717, 1.165) is 38.7 Å². The van der Waals surface area contributed by atoms with Crippen molar-refractivity contribution in [3.8, 4) is 0 Å². The van der Waals surface area contributed by atoms with Gasteiger partial charge in [-0.25, -0.2) is 0 Å². The molecular weight excluding hydrogens is 260 g/mol. The van der Waals surface area contributed by atoms with Gasteiger partial charge in [0.15, 0.2) is 0 Å². The number of ether oxygens (including phenoxy) is 4. The number of hydrogen-bond donors (Lipinski definition) is 1. The van der Waals surface area contributed by atoms with E-state index >= 15 is 0 Å². The topological polar surface area (TPSA) is 67.0 Å². The second kappa shape index (κ2) is 5.21. The van der Waals surface area contributed by atoms with Crippen molar-refractivity contribution in [2.45, 2.75) is 87.9 Å². The fourth-order valence-electron chi connectivity index (χ4n) is 3.40. The Hall–Kier alpha value is -0.200. The normalized spacial score (nSPS) is 53.7. The van der Waals surface area contributed by atoms with Gasteiger partial charge in [-0.3, -0.25) is 0 Å². The Morgan fingerprint density at radius 3 is 1.95 bits per heavy atom. The Labute approximate surface area is 119 Å². The van der Waals surface area contributed by atoms with Gasteiger partial charge in [0.25, 0.3) is 0 Å². The number of rotatable bonds is 6. The molecule has 0 aromatic heterocycles. The zero-order chi connectivity index (χ0) is 13.7. The standard InChI is InChI=1S/C15H24O5/c1-8-10(18-8)5-12-14(19-12)7-15-13(20-15)6-11-9(16)3-2-4-17-11/h8-16H,2-7H2,1H3/t8-,9-,10-,11+,12-,13-,14-,15-/m1/s1. The summed E-state index contributed by atoms with van der Waals surface area (Å²) in [5.74, 6) is 0. The van der Waals surface area contributed by atoms with Crippen molar-refractivity contribution in [1.29, 1.82) is 0 Å². The first kappa shape index (κ1) is 13.5. The van der Waals surface area contributed by atoms with Gasteiger partial charge in [-0.15, -0.1) is 0 Å². The summed E-state index contributed by atoms with van der Waals surface area (Å²) in [6.07, 6.45) is 6.47. The lowest BCUT2D eigenvalue weighted by Gasteiger charge is -2.27. The zero-order valence-corrected chi connectivity index (χ0v) is 11.9. The summed E-state index contributed by atoms with van der Waals surface area (Å²) in [5, 5.41) is 9.88. The highest BCUT2D eigenvalue weighted by molar-refractivity contribution is 4.99. The molecule has 0 saturated carbocycles. The molecule has 8 atom stereocenters. The molecule has 4 heterocycles. The molecule has 20 heavy (non-hydrogen) atoms. The lowest BCUT2D eigenvalue weighted by Crippen LogP contribution is -2.35. The Morgan fingerprint density at radius 1 is 0.850 bits per heavy atom. The van der Waals surface area contributed by atoms with Crippen LogP contribution < -0.4 is 0 Å². The molecule has 5 nitrogen and oxygen atoms in total. The maximum absolute atomic E-state index is 9.88. The van der Waals surface area contributed by atoms with Gasteiger partial charge in [0.2, 0.25) is 0 Å². The van der Waals surface area contributed by atoms with E-state index in [1.54, 1.807) is 0 Å². The van der Waals surface area contributed by atoms with E-state index in [1.165, 1.54) is 0 Å². The largest absolute Gasteiger partial charge is 0.390 e. The molecule has 4 aliphatic rings. The van der Waals surface area contributed by atoms with Crippen molar-refractivity contribution in [3.05, 3.63) is 0 Å². The van der Waals surface area contributed by atoms with Gasteiger partial charge in [0, 0.05) is 25.9 Å². The summed E-state index contributed by atoms with van der Waals surface area (Å²) in [7, 11) is 0. The molecule has 114 valence electrons. The van der Waals surface area contributed by atoms with Crippen molar-refractivity contribution in [2.24, 2.45) is 0 Å². The van der Waals surface area contributed by atoms with Crippen LogP contribution in [0.2, 0.25) is 0 Å². The monoisotopic (exact) mass is 284 g/mol. The van der Waals surface area contributed by atoms with Crippen LogP contribution in [0.1, 0.15) is 39.0 Å². The predicted octanol–water partition coefficient (Wildman–Crippen LogP) is 1.02. The third-order valence-electron chi connectivity index (χ3n) is 5.01. The van der Waals surface area contributed by atoms with E-state index in [2.05, 4.69) is 6.92 Å². The highest BCUT2D eigenvalue weighted by atomic mass is 16.6. The molecule has 1 N–H and O–H groups in total. The quantitative estimate of drug-likeness (QED) is 0.738. The summed E-state index contributed by atoms with van der Waals surface area (Å²) in [4.78, 5) is 0. The summed E-state index contributed by atoms with van der Waals surface area (Å²) < 4.78 is 22.4. The van der Waals surface area contributed by atoms with Crippen LogP contribution in [0.25, 0.3) is 0 Å². The molecule has 0 spiro atoms. The predicted molar refractivity (Wildman–Crippen MR) is 70.5 cm³/mol. The second-order valence-electron chi connectivity index (χ2n) is 6.63. The highest BCUT2D eigenvalue weighted by Gasteiger charge is 2.51. The Balaban J connectivity index is 1.14. The molecule has 0 aromatic rings. The molecule has 0 aliphatic carbocycles. The third-order valence-corrected chi connectivity index (χ3v) is 5.01. The SMILES string of the molecule is C[C@H]1O[C@@H]1C[C@H]1O[C@@H]1C[C@H]1O[C@@H]1C[C@@H]1OCCC[C@H]1O. The van der Waals surface area contributed by atoms with Crippen LogP contribution in [0.5, 0.6) is 0 Å². The van der Waals surface area contributed by atoms with Crippen molar-refractivity contribution in [3.63, 3.8) is 0 Å². The fraction of sp³-hybridized carbons (Fsp3) is 1.00. The van der Waals surface area contributed by atoms with E-state index in [1.807, 2.05) is 0 Å². The Kier molecular flexibility index (Phi) is 3.51. The second-order valence-corrected chi connectivity index (χ2v) is 6.63. The summed E-state index contributed by atoms with van der Waals surface area (Å²) in [6, 6.07) is 0. The Bertz CT molecular complexity index is 362. The molecule has 4 rings (SSSR count). The van der Waals surface area contributed by atoms with Crippen molar-refractivity contribution >= 4 is 0 Å². The average Bonchev–Trinajstić information content (AvgIpc) is 3.33. The van der Waals surface area contributed by atoms with E-state index in [4.69, 9.17) is 18.9 Å². The number of aliphatic hydroxyl groups excluding tert-OH is 1. The molecular formula is C15H24O5. The van der Waals surface area contributed by atoms with Crippen LogP contribution in [0, 0.1) is 0 Å². The van der Waals surface area contributed by atoms with Crippen molar-refractivity contribution in [2.75, 3.05) is 6.61 Å². The number of hydrogen-bond acceptors (Lipinski definition) is 5. The first-order valence-electron chi connectivity index (χ1n) is 7.97. The molecule has 0 amide bonds. The van der Waals surface area contributed by atoms with Gasteiger partial charge in [0.1, 0.15) is 0 Å². The van der Waals surface area contributed by atoms with Crippen LogP contribution in [-0.2, 0) is 18.9 Å². The summed E-state index contributed by atoms with van der Waals surface area (Å²) in [6.45, 7) is 2.88. The van der Waals surface area contributed by atoms with Gasteiger partial charge in [-0.05, 0) is 19.8 Å². The molecule has 0 aromatic carbocycles. The number of aliphatic hydroxyl groups is 1. The van der Waals surface area contributed by atoms with Crippen LogP contribution in [0.15, 0.2) is 0 Å². The zero-order valence-electron chi connectivity index (χ0n) is 11.9. The third kappa shape index (κ3) is 3.02. The van der Waals surface area contributed by atoms with Gasteiger partial charge < -0.3 is 24.1 Å². The van der Waals surface area contributed by atoms with Gasteiger partial charge >= 0.3 is 0 Å². The maximum atomic E-state index is 9.88. The lowest BCUT2D eigenvalue weighted by atomic mass is 9.99. The minimum atomic E-state index is -0.313.